The molecule has 7 heteroatoms. The van der Waals surface area contributed by atoms with E-state index in [1.807, 2.05) is 19.9 Å². The summed E-state index contributed by atoms with van der Waals surface area (Å²) in [5.74, 6) is -0.0414. The first-order valence-electron chi connectivity index (χ1n) is 8.68. The van der Waals surface area contributed by atoms with Crippen molar-refractivity contribution < 1.29 is 13.9 Å². The number of amides is 1. The Balaban J connectivity index is 1.81. The molecule has 1 N–H and O–H groups in total. The van der Waals surface area contributed by atoms with Gasteiger partial charge in [-0.25, -0.2) is 14.1 Å². The monoisotopic (exact) mass is 368 g/mol. The van der Waals surface area contributed by atoms with Crippen molar-refractivity contribution >= 4 is 5.91 Å². The predicted molar refractivity (Wildman–Crippen MR) is 99.6 cm³/mol. The minimum Gasteiger partial charge on any atom is -0.478 e. The van der Waals surface area contributed by atoms with E-state index in [0.29, 0.717) is 41.7 Å². The van der Waals surface area contributed by atoms with E-state index in [9.17, 15) is 9.18 Å². The van der Waals surface area contributed by atoms with Gasteiger partial charge in [-0.05, 0) is 51.1 Å². The van der Waals surface area contributed by atoms with E-state index in [2.05, 4.69) is 15.4 Å². The Kier molecular flexibility index (Phi) is 5.49. The molecule has 0 unspecified atom stereocenters. The van der Waals surface area contributed by atoms with E-state index in [4.69, 9.17) is 4.74 Å². The lowest BCUT2D eigenvalue weighted by Crippen LogP contribution is -2.24. The maximum absolute atomic E-state index is 13.2. The highest BCUT2D eigenvalue weighted by Crippen LogP contribution is 2.19. The van der Waals surface area contributed by atoms with Gasteiger partial charge >= 0.3 is 0 Å². The summed E-state index contributed by atoms with van der Waals surface area (Å²) in [7, 11) is 0. The number of hydrogen-bond acceptors (Lipinski definition) is 4. The van der Waals surface area contributed by atoms with Gasteiger partial charge in [-0.15, -0.1) is 0 Å². The third-order valence-electron chi connectivity index (χ3n) is 4.16. The van der Waals surface area contributed by atoms with Gasteiger partial charge in [-0.3, -0.25) is 4.79 Å². The second kappa shape index (κ2) is 7.99. The van der Waals surface area contributed by atoms with Gasteiger partial charge in [-0.2, -0.15) is 5.10 Å². The number of aryl methyl sites for hydroxylation is 1. The predicted octanol–water partition coefficient (Wildman–Crippen LogP) is 3.35. The molecule has 6 nitrogen and oxygen atoms in total. The van der Waals surface area contributed by atoms with Crippen LogP contribution in [0, 0.1) is 19.7 Å². The van der Waals surface area contributed by atoms with Crippen LogP contribution in [0.4, 0.5) is 4.39 Å². The SMILES string of the molecule is CCOc1ncccc1CNC(=O)c1c(C)nn(-c2ccc(F)cc2)c1C. The van der Waals surface area contributed by atoms with Crippen LogP contribution in [0.1, 0.15) is 34.2 Å². The zero-order valence-corrected chi connectivity index (χ0v) is 15.5. The number of nitrogens with zero attached hydrogens (tertiary/aromatic N) is 3. The van der Waals surface area contributed by atoms with Gasteiger partial charge in [-0.1, -0.05) is 6.07 Å². The quantitative estimate of drug-likeness (QED) is 0.724. The van der Waals surface area contributed by atoms with Crippen molar-refractivity contribution in [3.05, 3.63) is 70.9 Å². The molecule has 2 aromatic heterocycles. The minimum atomic E-state index is -0.320. The second-order valence-corrected chi connectivity index (χ2v) is 6.02. The number of ether oxygens (including phenoxy) is 1. The number of rotatable bonds is 6. The lowest BCUT2D eigenvalue weighted by Gasteiger charge is -2.10. The summed E-state index contributed by atoms with van der Waals surface area (Å²) in [6.07, 6.45) is 1.65. The molecule has 0 radical (unpaired) electrons. The summed E-state index contributed by atoms with van der Waals surface area (Å²) < 4.78 is 20.3. The molecule has 0 atom stereocenters. The average molecular weight is 368 g/mol. The van der Waals surface area contributed by atoms with E-state index in [1.54, 1.807) is 36.0 Å². The summed E-state index contributed by atoms with van der Waals surface area (Å²) in [6.45, 7) is 6.27. The van der Waals surface area contributed by atoms with Crippen LogP contribution in [0.25, 0.3) is 5.69 Å². The molecule has 1 amide bonds. The molecule has 0 spiro atoms. The Labute approximate surface area is 157 Å². The Morgan fingerprint density at radius 2 is 1.96 bits per heavy atom. The fourth-order valence-corrected chi connectivity index (χ4v) is 2.89. The zero-order chi connectivity index (χ0) is 19.4. The molecule has 0 aliphatic rings. The van der Waals surface area contributed by atoms with Crippen molar-refractivity contribution in [2.24, 2.45) is 0 Å². The number of benzene rings is 1. The number of halogens is 1. The molecule has 0 bridgehead atoms. The van der Waals surface area contributed by atoms with Crippen molar-refractivity contribution in [2.75, 3.05) is 6.61 Å². The smallest absolute Gasteiger partial charge is 0.255 e. The number of carbonyl (C=O) groups excluding carboxylic acids is 1. The lowest BCUT2D eigenvalue weighted by atomic mass is 10.1. The Hall–Kier alpha value is -3.22. The van der Waals surface area contributed by atoms with Crippen LogP contribution in [-0.4, -0.2) is 27.3 Å². The molecular weight excluding hydrogens is 347 g/mol. The van der Waals surface area contributed by atoms with Crippen LogP contribution in [0.15, 0.2) is 42.6 Å². The molecule has 2 heterocycles. The zero-order valence-electron chi connectivity index (χ0n) is 15.5. The van der Waals surface area contributed by atoms with Gasteiger partial charge in [0.2, 0.25) is 5.88 Å². The molecule has 0 aliphatic heterocycles. The van der Waals surface area contributed by atoms with E-state index in [0.717, 1.165) is 5.56 Å². The normalized spacial score (nSPS) is 10.7. The molecule has 0 fully saturated rings. The number of aromatic nitrogens is 3. The molecule has 0 saturated carbocycles. The van der Waals surface area contributed by atoms with Crippen LogP contribution in [0.3, 0.4) is 0 Å². The third-order valence-corrected chi connectivity index (χ3v) is 4.16. The summed E-state index contributed by atoms with van der Waals surface area (Å²) in [6, 6.07) is 9.64. The molecule has 140 valence electrons. The summed E-state index contributed by atoms with van der Waals surface area (Å²) >= 11 is 0. The largest absolute Gasteiger partial charge is 0.478 e. The highest BCUT2D eigenvalue weighted by molar-refractivity contribution is 5.96. The third kappa shape index (κ3) is 3.97. The lowest BCUT2D eigenvalue weighted by molar-refractivity contribution is 0.0949. The van der Waals surface area contributed by atoms with Crippen molar-refractivity contribution in [3.63, 3.8) is 0 Å². The van der Waals surface area contributed by atoms with Crippen molar-refractivity contribution in [2.45, 2.75) is 27.3 Å². The van der Waals surface area contributed by atoms with E-state index in [-0.39, 0.29) is 11.7 Å². The Morgan fingerprint density at radius 1 is 1.22 bits per heavy atom. The first-order valence-corrected chi connectivity index (χ1v) is 8.68. The van der Waals surface area contributed by atoms with Crippen LogP contribution in [0.5, 0.6) is 5.88 Å². The van der Waals surface area contributed by atoms with Gasteiger partial charge in [0.05, 0.1) is 29.2 Å². The molecule has 0 aliphatic carbocycles. The molecular formula is C20H21FN4O2. The maximum atomic E-state index is 13.2. The number of pyridine rings is 1. The maximum Gasteiger partial charge on any atom is 0.255 e. The molecule has 3 rings (SSSR count). The summed E-state index contributed by atoms with van der Waals surface area (Å²) in [5.41, 5.74) is 3.29. The minimum absolute atomic E-state index is 0.232. The fraction of sp³-hybridized carbons (Fsp3) is 0.250. The van der Waals surface area contributed by atoms with Gasteiger partial charge in [0.1, 0.15) is 5.82 Å². The van der Waals surface area contributed by atoms with E-state index in [1.165, 1.54) is 12.1 Å². The molecule has 3 aromatic rings. The van der Waals surface area contributed by atoms with Crippen LogP contribution in [-0.2, 0) is 6.54 Å². The van der Waals surface area contributed by atoms with Gasteiger partial charge in [0, 0.05) is 18.3 Å². The van der Waals surface area contributed by atoms with Crippen molar-refractivity contribution in [3.8, 4) is 11.6 Å². The first-order chi connectivity index (χ1) is 13.0. The summed E-state index contributed by atoms with van der Waals surface area (Å²) in [4.78, 5) is 16.9. The van der Waals surface area contributed by atoms with Gasteiger partial charge in [0.15, 0.2) is 0 Å². The number of hydrogen-bond donors (Lipinski definition) is 1. The Morgan fingerprint density at radius 3 is 2.67 bits per heavy atom. The highest BCUT2D eigenvalue weighted by Gasteiger charge is 2.19. The molecule has 1 aromatic carbocycles. The van der Waals surface area contributed by atoms with Crippen LogP contribution >= 0.6 is 0 Å². The van der Waals surface area contributed by atoms with Crippen molar-refractivity contribution in [1.82, 2.24) is 20.1 Å². The Bertz CT molecular complexity index is 951. The first kappa shape index (κ1) is 18.6. The standard InChI is InChI=1S/C20H21FN4O2/c1-4-27-20-15(6-5-11-22-20)12-23-19(26)18-13(2)24-25(14(18)3)17-9-7-16(21)8-10-17/h5-11H,4,12H2,1-3H3,(H,23,26). The molecule has 0 saturated heterocycles. The van der Waals surface area contributed by atoms with Crippen LogP contribution in [0.2, 0.25) is 0 Å². The fourth-order valence-electron chi connectivity index (χ4n) is 2.89. The van der Waals surface area contributed by atoms with Crippen LogP contribution < -0.4 is 10.1 Å². The van der Waals surface area contributed by atoms with Gasteiger partial charge in [0.25, 0.3) is 5.91 Å². The highest BCUT2D eigenvalue weighted by atomic mass is 19.1. The van der Waals surface area contributed by atoms with Gasteiger partial charge < -0.3 is 10.1 Å². The van der Waals surface area contributed by atoms with E-state index >= 15 is 0 Å². The average Bonchev–Trinajstić information content (AvgIpc) is 2.96. The number of nitrogens with one attached hydrogen (secondary N) is 1. The van der Waals surface area contributed by atoms with E-state index < -0.39 is 0 Å². The second-order valence-electron chi connectivity index (χ2n) is 6.02. The number of carbonyl (C=O) groups is 1. The summed E-state index contributed by atoms with van der Waals surface area (Å²) in [5, 5.41) is 7.33. The molecule has 27 heavy (non-hydrogen) atoms. The topological polar surface area (TPSA) is 69.0 Å². The van der Waals surface area contributed by atoms with Crippen molar-refractivity contribution in [1.29, 1.82) is 0 Å².